The van der Waals surface area contributed by atoms with Crippen molar-refractivity contribution in [2.24, 2.45) is 0 Å². The molecule has 1 aromatic carbocycles. The monoisotopic (exact) mass is 270 g/mol. The first-order valence-corrected chi connectivity index (χ1v) is 7.34. The summed E-state index contributed by atoms with van der Waals surface area (Å²) in [5.41, 5.74) is 2.06. The summed E-state index contributed by atoms with van der Waals surface area (Å²) in [5, 5.41) is 1.25. The van der Waals surface area contributed by atoms with Crippen LogP contribution in [0.3, 0.4) is 0 Å². The van der Waals surface area contributed by atoms with Gasteiger partial charge in [0.15, 0.2) is 0 Å². The highest BCUT2D eigenvalue weighted by Crippen LogP contribution is 2.20. The van der Waals surface area contributed by atoms with Crippen LogP contribution in [-0.2, 0) is 11.2 Å². The Morgan fingerprint density at radius 1 is 1.47 bits per heavy atom. The number of carbonyl (C=O) groups excluding carboxylic acids is 1. The molecule has 1 aromatic rings. The minimum Gasteiger partial charge on any atom is -0.298 e. The number of hydrogen-bond acceptors (Lipinski definition) is 2. The van der Waals surface area contributed by atoms with E-state index in [2.05, 4.69) is 13.8 Å². The van der Waals surface area contributed by atoms with Gasteiger partial charge in [-0.1, -0.05) is 37.6 Å². The molecule has 1 unspecified atom stereocenters. The van der Waals surface area contributed by atoms with E-state index in [4.69, 9.17) is 11.6 Å². The molecule has 0 aliphatic carbocycles. The first kappa shape index (κ1) is 14.6. The van der Waals surface area contributed by atoms with Crippen molar-refractivity contribution >= 4 is 29.1 Å². The molecule has 94 valence electrons. The Labute approximate surface area is 113 Å². The van der Waals surface area contributed by atoms with Gasteiger partial charge in [0.25, 0.3) is 0 Å². The zero-order chi connectivity index (χ0) is 12.8. The number of hydrogen-bond donors (Lipinski definition) is 0. The molecule has 0 N–H and O–H groups in total. The Morgan fingerprint density at radius 3 is 2.76 bits per heavy atom. The molecule has 0 aromatic heterocycles. The maximum absolute atomic E-state index is 11.8. The second-order valence-corrected chi connectivity index (χ2v) is 6.17. The van der Waals surface area contributed by atoms with Gasteiger partial charge in [0.1, 0.15) is 5.78 Å². The molecule has 1 nitrogen and oxygen atoms in total. The molecule has 0 bridgehead atoms. The summed E-state index contributed by atoms with van der Waals surface area (Å²) in [5.74, 6) is 0.834. The average molecular weight is 271 g/mol. The van der Waals surface area contributed by atoms with Gasteiger partial charge in [-0.05, 0) is 30.5 Å². The van der Waals surface area contributed by atoms with E-state index < -0.39 is 0 Å². The van der Waals surface area contributed by atoms with E-state index in [1.807, 2.05) is 25.1 Å². The molecule has 0 aliphatic heterocycles. The van der Waals surface area contributed by atoms with Gasteiger partial charge in [-0.25, -0.2) is 0 Å². The largest absolute Gasteiger partial charge is 0.298 e. The molecular weight excluding hydrogens is 252 g/mol. The van der Waals surface area contributed by atoms with Gasteiger partial charge in [0.05, 0.1) is 5.75 Å². The second-order valence-electron chi connectivity index (χ2n) is 4.34. The van der Waals surface area contributed by atoms with Crippen molar-refractivity contribution in [3.05, 3.63) is 34.3 Å². The van der Waals surface area contributed by atoms with Crippen molar-refractivity contribution in [3.63, 3.8) is 0 Å². The molecule has 17 heavy (non-hydrogen) atoms. The lowest BCUT2D eigenvalue weighted by atomic mass is 10.1. The summed E-state index contributed by atoms with van der Waals surface area (Å²) in [6.07, 6.45) is 1.55. The van der Waals surface area contributed by atoms with E-state index in [1.54, 1.807) is 11.8 Å². The summed E-state index contributed by atoms with van der Waals surface area (Å²) < 4.78 is 0. The van der Waals surface area contributed by atoms with Crippen LogP contribution in [0.4, 0.5) is 0 Å². The van der Waals surface area contributed by atoms with Gasteiger partial charge < -0.3 is 0 Å². The standard InChI is InChI=1S/C14H19ClOS/c1-4-11(3)17-9-13(16)8-12-6-5-10(2)7-14(12)15/h5-7,11H,4,8-9H2,1-3H3. The Morgan fingerprint density at radius 2 is 2.18 bits per heavy atom. The molecule has 0 saturated carbocycles. The lowest BCUT2D eigenvalue weighted by molar-refractivity contribution is -0.116. The number of rotatable bonds is 6. The highest BCUT2D eigenvalue weighted by atomic mass is 35.5. The summed E-state index contributed by atoms with van der Waals surface area (Å²) >= 11 is 7.82. The van der Waals surface area contributed by atoms with Gasteiger partial charge in [-0.2, -0.15) is 11.8 Å². The van der Waals surface area contributed by atoms with Crippen molar-refractivity contribution < 1.29 is 4.79 Å². The van der Waals surface area contributed by atoms with Gasteiger partial charge in [-0.3, -0.25) is 4.79 Å². The van der Waals surface area contributed by atoms with Crippen LogP contribution in [0.25, 0.3) is 0 Å². The zero-order valence-corrected chi connectivity index (χ0v) is 12.2. The Bertz CT molecular complexity index is 390. The number of aryl methyl sites for hydroxylation is 1. The number of carbonyl (C=O) groups is 1. The van der Waals surface area contributed by atoms with Crippen LogP contribution in [-0.4, -0.2) is 16.8 Å². The van der Waals surface area contributed by atoms with Gasteiger partial charge >= 0.3 is 0 Å². The fourth-order valence-corrected chi connectivity index (χ4v) is 2.52. The summed E-state index contributed by atoms with van der Waals surface area (Å²) in [6, 6.07) is 5.85. The van der Waals surface area contributed by atoms with E-state index in [0.29, 0.717) is 22.4 Å². The van der Waals surface area contributed by atoms with Crippen LogP contribution in [0.15, 0.2) is 18.2 Å². The highest BCUT2D eigenvalue weighted by molar-refractivity contribution is 8.00. The minimum atomic E-state index is 0.251. The lowest BCUT2D eigenvalue weighted by Gasteiger charge is -2.08. The van der Waals surface area contributed by atoms with Crippen molar-refractivity contribution in [2.75, 3.05) is 5.75 Å². The van der Waals surface area contributed by atoms with Crippen LogP contribution in [0.5, 0.6) is 0 Å². The number of halogens is 1. The third-order valence-electron chi connectivity index (χ3n) is 2.70. The van der Waals surface area contributed by atoms with Crippen LogP contribution < -0.4 is 0 Å². The van der Waals surface area contributed by atoms with E-state index in [1.165, 1.54) is 0 Å². The fraction of sp³-hybridized carbons (Fsp3) is 0.500. The minimum absolute atomic E-state index is 0.251. The Balaban J connectivity index is 2.50. The molecule has 0 amide bonds. The smallest absolute Gasteiger partial charge is 0.147 e. The average Bonchev–Trinajstić information content (AvgIpc) is 2.29. The third-order valence-corrected chi connectivity index (χ3v) is 4.44. The number of ketones is 1. The van der Waals surface area contributed by atoms with Crippen LogP contribution in [0.2, 0.25) is 5.02 Å². The first-order chi connectivity index (χ1) is 8.02. The fourth-order valence-electron chi connectivity index (χ4n) is 1.41. The Kier molecular flexibility index (Phi) is 6.07. The molecule has 0 fully saturated rings. The van der Waals surface area contributed by atoms with E-state index in [9.17, 15) is 4.79 Å². The van der Waals surface area contributed by atoms with Gasteiger partial charge in [0, 0.05) is 16.7 Å². The maximum atomic E-state index is 11.8. The molecule has 3 heteroatoms. The summed E-state index contributed by atoms with van der Waals surface area (Å²) in [4.78, 5) is 11.8. The molecule has 0 aliphatic rings. The summed E-state index contributed by atoms with van der Waals surface area (Å²) in [6.45, 7) is 6.28. The predicted octanol–water partition coefficient (Wildman–Crippen LogP) is 4.29. The Hall–Kier alpha value is -0.470. The van der Waals surface area contributed by atoms with Crippen molar-refractivity contribution in [1.82, 2.24) is 0 Å². The molecular formula is C14H19ClOS. The van der Waals surface area contributed by atoms with Crippen LogP contribution in [0, 0.1) is 6.92 Å². The van der Waals surface area contributed by atoms with Gasteiger partial charge in [0.2, 0.25) is 0 Å². The molecule has 0 radical (unpaired) electrons. The maximum Gasteiger partial charge on any atom is 0.147 e. The molecule has 0 spiro atoms. The van der Waals surface area contributed by atoms with Crippen molar-refractivity contribution in [3.8, 4) is 0 Å². The predicted molar refractivity (Wildman–Crippen MR) is 77.1 cm³/mol. The first-order valence-electron chi connectivity index (χ1n) is 5.91. The second kappa shape index (κ2) is 7.07. The lowest BCUT2D eigenvalue weighted by Crippen LogP contribution is -2.09. The van der Waals surface area contributed by atoms with Crippen LogP contribution in [0.1, 0.15) is 31.4 Å². The SMILES string of the molecule is CCC(C)SCC(=O)Cc1ccc(C)cc1Cl. The highest BCUT2D eigenvalue weighted by Gasteiger charge is 2.09. The number of thioether (sulfide) groups is 1. The van der Waals surface area contributed by atoms with E-state index in [-0.39, 0.29) is 5.78 Å². The molecule has 1 atom stereocenters. The van der Waals surface area contributed by atoms with E-state index >= 15 is 0 Å². The number of benzene rings is 1. The quantitative estimate of drug-likeness (QED) is 0.767. The third kappa shape index (κ3) is 5.13. The van der Waals surface area contributed by atoms with Gasteiger partial charge in [-0.15, -0.1) is 0 Å². The van der Waals surface area contributed by atoms with Crippen LogP contribution >= 0.6 is 23.4 Å². The summed E-state index contributed by atoms with van der Waals surface area (Å²) in [7, 11) is 0. The normalized spacial score (nSPS) is 12.5. The van der Waals surface area contributed by atoms with Crippen molar-refractivity contribution in [2.45, 2.75) is 38.9 Å². The molecule has 0 saturated heterocycles. The van der Waals surface area contributed by atoms with Crippen molar-refractivity contribution in [1.29, 1.82) is 0 Å². The number of Topliss-reactive ketones (excluding diaryl/α,β-unsaturated/α-hetero) is 1. The zero-order valence-electron chi connectivity index (χ0n) is 10.6. The van der Waals surface area contributed by atoms with E-state index in [0.717, 1.165) is 17.5 Å². The topological polar surface area (TPSA) is 17.1 Å². The molecule has 1 rings (SSSR count). The molecule has 0 heterocycles.